The highest BCUT2D eigenvalue weighted by Crippen LogP contribution is 2.27. The van der Waals surface area contributed by atoms with Gasteiger partial charge < -0.3 is 14.4 Å². The molecule has 0 unspecified atom stereocenters. The van der Waals surface area contributed by atoms with Crippen molar-refractivity contribution in [2.75, 3.05) is 19.8 Å². The molecule has 0 radical (unpaired) electrons. The average molecular weight is 374 g/mol. The number of rotatable bonds is 6. The quantitative estimate of drug-likeness (QED) is 0.835. The van der Waals surface area contributed by atoms with Gasteiger partial charge in [0.15, 0.2) is 0 Å². The third-order valence-corrected chi connectivity index (χ3v) is 5.35. The predicted molar refractivity (Wildman–Crippen MR) is 104 cm³/mol. The van der Waals surface area contributed by atoms with Gasteiger partial charge in [0.25, 0.3) is 0 Å². The second-order valence-electron chi connectivity index (χ2n) is 8.41. The summed E-state index contributed by atoms with van der Waals surface area (Å²) in [5, 5.41) is 10.2. The van der Waals surface area contributed by atoms with Crippen molar-refractivity contribution >= 4 is 17.0 Å². The second kappa shape index (κ2) is 7.94. The van der Waals surface area contributed by atoms with Gasteiger partial charge in [-0.3, -0.25) is 4.90 Å². The topological polar surface area (TPSA) is 80.5 Å². The largest absolute Gasteiger partial charge is 0.478 e. The van der Waals surface area contributed by atoms with Crippen LogP contribution in [0.2, 0.25) is 0 Å². The van der Waals surface area contributed by atoms with Crippen LogP contribution in [0.3, 0.4) is 0 Å². The minimum Gasteiger partial charge on any atom is -0.478 e. The van der Waals surface area contributed by atoms with Gasteiger partial charge in [-0.25, -0.2) is 14.8 Å². The summed E-state index contributed by atoms with van der Waals surface area (Å²) in [4.78, 5) is 22.3. The summed E-state index contributed by atoms with van der Waals surface area (Å²) in [5.74, 6) is -0.277. The van der Waals surface area contributed by atoms with Gasteiger partial charge in [0.05, 0.1) is 23.3 Å². The Kier molecular flexibility index (Phi) is 5.81. The van der Waals surface area contributed by atoms with Crippen LogP contribution in [0.25, 0.3) is 11.0 Å². The first-order valence-corrected chi connectivity index (χ1v) is 9.64. The molecule has 2 aromatic rings. The molecule has 1 saturated heterocycles. The maximum atomic E-state index is 11.6. The Labute approximate surface area is 160 Å². The molecule has 1 aliphatic rings. The van der Waals surface area contributed by atoms with Gasteiger partial charge in [-0.1, -0.05) is 0 Å². The van der Waals surface area contributed by atoms with Crippen LogP contribution in [-0.4, -0.2) is 55.9 Å². The fourth-order valence-electron chi connectivity index (χ4n) is 3.75. The number of carboxylic acids is 1. The van der Waals surface area contributed by atoms with Crippen molar-refractivity contribution in [3.8, 4) is 0 Å². The van der Waals surface area contributed by atoms with E-state index in [2.05, 4.69) is 35.6 Å². The van der Waals surface area contributed by atoms with E-state index in [1.807, 2.05) is 11.5 Å². The number of fused-ring (bicyclic) bond motifs is 1. The number of nitrogens with zero attached hydrogens (tertiary/aromatic N) is 4. The van der Waals surface area contributed by atoms with Crippen LogP contribution < -0.4 is 0 Å². The Morgan fingerprint density at radius 2 is 2.04 bits per heavy atom. The fourth-order valence-corrected chi connectivity index (χ4v) is 3.75. The summed E-state index contributed by atoms with van der Waals surface area (Å²) in [6, 6.07) is 0. The molecule has 0 amide bonds. The maximum absolute atomic E-state index is 11.6. The molecule has 7 heteroatoms. The number of aromatic nitrogens is 3. The Morgan fingerprint density at radius 1 is 1.33 bits per heavy atom. The lowest BCUT2D eigenvalue weighted by Crippen LogP contribution is -2.38. The number of hydrogen-bond donors (Lipinski definition) is 1. The van der Waals surface area contributed by atoms with Gasteiger partial charge in [-0.2, -0.15) is 0 Å². The zero-order valence-electron chi connectivity index (χ0n) is 16.7. The zero-order valence-corrected chi connectivity index (χ0v) is 16.7. The minimum atomic E-state index is -0.918. The number of ether oxygens (including phenoxy) is 1. The molecule has 0 aromatic carbocycles. The van der Waals surface area contributed by atoms with Gasteiger partial charge in [0, 0.05) is 31.5 Å². The lowest BCUT2D eigenvalue weighted by atomic mass is 9.94. The lowest BCUT2D eigenvalue weighted by Gasteiger charge is -2.33. The van der Waals surface area contributed by atoms with Crippen molar-refractivity contribution in [2.24, 2.45) is 5.92 Å². The SMILES string of the molecule is Cc1c(C(=O)O)c2cncnc2n1CCC1CCN(COC(C)(C)C)CC1. The average Bonchev–Trinajstić information content (AvgIpc) is 2.90. The van der Waals surface area contributed by atoms with E-state index in [0.717, 1.165) is 50.2 Å². The monoisotopic (exact) mass is 374 g/mol. The van der Waals surface area contributed by atoms with E-state index in [-0.39, 0.29) is 5.60 Å². The van der Waals surface area contributed by atoms with Crippen molar-refractivity contribution in [3.05, 3.63) is 23.8 Å². The highest BCUT2D eigenvalue weighted by Gasteiger charge is 2.23. The maximum Gasteiger partial charge on any atom is 0.338 e. The van der Waals surface area contributed by atoms with Crippen LogP contribution in [0.5, 0.6) is 0 Å². The van der Waals surface area contributed by atoms with Crippen LogP contribution in [0.1, 0.15) is 56.1 Å². The molecule has 148 valence electrons. The number of carboxylic acid groups (broad SMARTS) is 1. The molecule has 0 spiro atoms. The van der Waals surface area contributed by atoms with Gasteiger partial charge in [0.1, 0.15) is 12.0 Å². The zero-order chi connectivity index (χ0) is 19.6. The van der Waals surface area contributed by atoms with Crippen molar-refractivity contribution in [3.63, 3.8) is 0 Å². The smallest absolute Gasteiger partial charge is 0.338 e. The molecule has 1 N–H and O–H groups in total. The Hall–Kier alpha value is -1.99. The molecule has 1 aliphatic heterocycles. The predicted octanol–water partition coefficient (Wildman–Crippen LogP) is 3.31. The first-order valence-electron chi connectivity index (χ1n) is 9.64. The van der Waals surface area contributed by atoms with Gasteiger partial charge in [0.2, 0.25) is 0 Å². The minimum absolute atomic E-state index is 0.104. The molecule has 1 fully saturated rings. The molecule has 27 heavy (non-hydrogen) atoms. The van der Waals surface area contributed by atoms with E-state index in [1.54, 1.807) is 6.20 Å². The molecule has 0 aliphatic carbocycles. The van der Waals surface area contributed by atoms with Crippen LogP contribution in [0, 0.1) is 12.8 Å². The summed E-state index contributed by atoms with van der Waals surface area (Å²) < 4.78 is 7.91. The summed E-state index contributed by atoms with van der Waals surface area (Å²) in [6.07, 6.45) is 6.40. The Morgan fingerprint density at radius 3 is 2.67 bits per heavy atom. The normalized spacial score (nSPS) is 16.9. The van der Waals surface area contributed by atoms with Crippen molar-refractivity contribution in [2.45, 2.75) is 59.1 Å². The van der Waals surface area contributed by atoms with Gasteiger partial charge >= 0.3 is 5.97 Å². The van der Waals surface area contributed by atoms with E-state index >= 15 is 0 Å². The third-order valence-electron chi connectivity index (χ3n) is 5.35. The summed E-state index contributed by atoms with van der Waals surface area (Å²) in [7, 11) is 0. The highest BCUT2D eigenvalue weighted by molar-refractivity contribution is 6.03. The number of piperidine rings is 1. The fraction of sp³-hybridized carbons (Fsp3) is 0.650. The Bertz CT molecular complexity index is 801. The molecule has 2 aromatic heterocycles. The second-order valence-corrected chi connectivity index (χ2v) is 8.41. The number of aromatic carboxylic acids is 1. The number of carbonyl (C=O) groups is 1. The number of hydrogen-bond acceptors (Lipinski definition) is 5. The van der Waals surface area contributed by atoms with Gasteiger partial charge in [-0.05, 0) is 52.9 Å². The standard InChI is InChI=1S/C20H30N4O3/c1-14-17(19(25)26)16-11-21-12-22-18(16)24(14)10-7-15-5-8-23(9-6-15)13-27-20(2,3)4/h11-12,15H,5-10,13H2,1-4H3,(H,25,26). The number of likely N-dealkylation sites (tertiary alicyclic amines) is 1. The van der Waals surface area contributed by atoms with Crippen molar-refractivity contribution in [1.82, 2.24) is 19.4 Å². The molecular formula is C20H30N4O3. The molecule has 3 heterocycles. The van der Waals surface area contributed by atoms with Crippen LogP contribution in [0.15, 0.2) is 12.5 Å². The number of aryl methyl sites for hydroxylation is 1. The van der Waals surface area contributed by atoms with Crippen molar-refractivity contribution in [1.29, 1.82) is 0 Å². The molecule has 7 nitrogen and oxygen atoms in total. The first-order chi connectivity index (χ1) is 12.8. The van der Waals surface area contributed by atoms with Crippen LogP contribution in [0.4, 0.5) is 0 Å². The highest BCUT2D eigenvalue weighted by atomic mass is 16.5. The van der Waals surface area contributed by atoms with Crippen LogP contribution in [-0.2, 0) is 11.3 Å². The van der Waals surface area contributed by atoms with E-state index in [0.29, 0.717) is 23.6 Å². The molecular weight excluding hydrogens is 344 g/mol. The van der Waals surface area contributed by atoms with E-state index in [4.69, 9.17) is 4.74 Å². The third kappa shape index (κ3) is 4.65. The first kappa shape index (κ1) is 19.8. The van der Waals surface area contributed by atoms with Crippen LogP contribution >= 0.6 is 0 Å². The molecule has 0 saturated carbocycles. The van der Waals surface area contributed by atoms with Gasteiger partial charge in [-0.15, -0.1) is 0 Å². The molecule has 0 bridgehead atoms. The lowest BCUT2D eigenvalue weighted by molar-refractivity contribution is -0.0714. The molecule has 3 rings (SSSR count). The van der Waals surface area contributed by atoms with Crippen molar-refractivity contribution < 1.29 is 14.6 Å². The van der Waals surface area contributed by atoms with E-state index < -0.39 is 5.97 Å². The summed E-state index contributed by atoms with van der Waals surface area (Å²) in [6.45, 7) is 11.7. The molecule has 0 atom stereocenters. The Balaban J connectivity index is 1.60. The van der Waals surface area contributed by atoms with E-state index in [1.165, 1.54) is 6.33 Å². The van der Waals surface area contributed by atoms with E-state index in [9.17, 15) is 9.90 Å². The summed E-state index contributed by atoms with van der Waals surface area (Å²) in [5.41, 5.74) is 1.69. The summed E-state index contributed by atoms with van der Waals surface area (Å²) >= 11 is 0.